The van der Waals surface area contributed by atoms with Gasteiger partial charge in [-0.2, -0.15) is 0 Å². The first-order valence-electron chi connectivity index (χ1n) is 8.98. The van der Waals surface area contributed by atoms with E-state index in [4.69, 9.17) is 0 Å². The van der Waals surface area contributed by atoms with E-state index in [2.05, 4.69) is 29.7 Å². The molecule has 130 valence electrons. The van der Waals surface area contributed by atoms with E-state index >= 15 is 0 Å². The SMILES string of the molecule is C[C@H]1C[C@@H](C(=O)NCc2ccc(CN3CCCC3=O)cc2)CCN1. The van der Waals surface area contributed by atoms with Gasteiger partial charge < -0.3 is 15.5 Å². The molecule has 2 aliphatic heterocycles. The maximum absolute atomic E-state index is 12.3. The van der Waals surface area contributed by atoms with E-state index in [1.165, 1.54) is 0 Å². The number of nitrogens with zero attached hydrogens (tertiary/aromatic N) is 1. The molecule has 24 heavy (non-hydrogen) atoms. The number of carbonyl (C=O) groups excluding carboxylic acids is 2. The molecule has 0 aliphatic carbocycles. The van der Waals surface area contributed by atoms with Gasteiger partial charge in [-0.3, -0.25) is 9.59 Å². The Bertz CT molecular complexity index is 585. The highest BCUT2D eigenvalue weighted by Crippen LogP contribution is 2.17. The quantitative estimate of drug-likeness (QED) is 0.866. The summed E-state index contributed by atoms with van der Waals surface area (Å²) in [6.07, 6.45) is 3.48. The number of rotatable bonds is 5. The van der Waals surface area contributed by atoms with E-state index in [1.807, 2.05) is 17.0 Å². The van der Waals surface area contributed by atoms with Gasteiger partial charge in [0, 0.05) is 38.0 Å². The summed E-state index contributed by atoms with van der Waals surface area (Å²) in [4.78, 5) is 25.8. The van der Waals surface area contributed by atoms with Gasteiger partial charge >= 0.3 is 0 Å². The molecule has 2 heterocycles. The van der Waals surface area contributed by atoms with Crippen LogP contribution in [0.15, 0.2) is 24.3 Å². The first-order chi connectivity index (χ1) is 11.6. The Kier molecular flexibility index (Phi) is 5.51. The summed E-state index contributed by atoms with van der Waals surface area (Å²) >= 11 is 0. The smallest absolute Gasteiger partial charge is 0.223 e. The zero-order valence-corrected chi connectivity index (χ0v) is 14.4. The zero-order chi connectivity index (χ0) is 16.9. The molecule has 0 spiro atoms. The molecule has 0 radical (unpaired) electrons. The van der Waals surface area contributed by atoms with Crippen LogP contribution in [0, 0.1) is 5.92 Å². The van der Waals surface area contributed by atoms with Crippen LogP contribution in [0.5, 0.6) is 0 Å². The van der Waals surface area contributed by atoms with Crippen molar-refractivity contribution in [1.29, 1.82) is 0 Å². The molecule has 3 rings (SSSR count). The van der Waals surface area contributed by atoms with Crippen molar-refractivity contribution in [1.82, 2.24) is 15.5 Å². The molecule has 2 amide bonds. The zero-order valence-electron chi connectivity index (χ0n) is 14.4. The van der Waals surface area contributed by atoms with Crippen molar-refractivity contribution >= 4 is 11.8 Å². The molecule has 5 nitrogen and oxygen atoms in total. The lowest BCUT2D eigenvalue weighted by Crippen LogP contribution is -2.42. The van der Waals surface area contributed by atoms with E-state index < -0.39 is 0 Å². The first kappa shape index (κ1) is 17.0. The highest BCUT2D eigenvalue weighted by molar-refractivity contribution is 5.79. The van der Waals surface area contributed by atoms with E-state index in [0.717, 1.165) is 43.5 Å². The van der Waals surface area contributed by atoms with Crippen molar-refractivity contribution in [3.63, 3.8) is 0 Å². The lowest BCUT2D eigenvalue weighted by Gasteiger charge is -2.27. The van der Waals surface area contributed by atoms with Crippen molar-refractivity contribution in [2.75, 3.05) is 13.1 Å². The second-order valence-corrected chi connectivity index (χ2v) is 7.03. The highest BCUT2D eigenvalue weighted by atomic mass is 16.2. The van der Waals surface area contributed by atoms with Crippen LogP contribution in [0.1, 0.15) is 43.7 Å². The Morgan fingerprint density at radius 1 is 1.29 bits per heavy atom. The lowest BCUT2D eigenvalue weighted by molar-refractivity contribution is -0.128. The predicted octanol–water partition coefficient (Wildman–Crippen LogP) is 1.81. The third-order valence-corrected chi connectivity index (χ3v) is 5.03. The Labute approximate surface area is 143 Å². The number of amides is 2. The number of benzene rings is 1. The molecule has 0 bridgehead atoms. The number of piperidine rings is 1. The summed E-state index contributed by atoms with van der Waals surface area (Å²) in [5.74, 6) is 0.541. The second kappa shape index (κ2) is 7.79. The Hall–Kier alpha value is -1.88. The molecule has 2 N–H and O–H groups in total. The van der Waals surface area contributed by atoms with Crippen LogP contribution >= 0.6 is 0 Å². The first-order valence-corrected chi connectivity index (χ1v) is 8.98. The van der Waals surface area contributed by atoms with Gasteiger partial charge in [0.15, 0.2) is 0 Å². The molecular weight excluding hydrogens is 302 g/mol. The molecule has 2 fully saturated rings. The summed E-state index contributed by atoms with van der Waals surface area (Å²) in [5.41, 5.74) is 2.24. The molecule has 2 atom stereocenters. The van der Waals surface area contributed by atoms with Gasteiger partial charge in [-0.15, -0.1) is 0 Å². The monoisotopic (exact) mass is 329 g/mol. The van der Waals surface area contributed by atoms with E-state index in [0.29, 0.717) is 25.6 Å². The lowest BCUT2D eigenvalue weighted by atomic mass is 9.92. The van der Waals surface area contributed by atoms with Gasteiger partial charge in [0.25, 0.3) is 0 Å². The van der Waals surface area contributed by atoms with Crippen molar-refractivity contribution in [3.8, 4) is 0 Å². The summed E-state index contributed by atoms with van der Waals surface area (Å²) in [7, 11) is 0. The van der Waals surface area contributed by atoms with E-state index in [9.17, 15) is 9.59 Å². The molecule has 1 aromatic rings. The van der Waals surface area contributed by atoms with Crippen LogP contribution in [0.25, 0.3) is 0 Å². The van der Waals surface area contributed by atoms with E-state index in [-0.39, 0.29) is 17.7 Å². The molecule has 5 heteroatoms. The molecule has 2 aliphatic rings. The minimum atomic E-state index is 0.127. The molecule has 0 unspecified atom stereocenters. The number of likely N-dealkylation sites (tertiary alicyclic amines) is 1. The average molecular weight is 329 g/mol. The fourth-order valence-electron chi connectivity index (χ4n) is 3.56. The Morgan fingerprint density at radius 3 is 2.71 bits per heavy atom. The van der Waals surface area contributed by atoms with E-state index in [1.54, 1.807) is 0 Å². The average Bonchev–Trinajstić information content (AvgIpc) is 2.99. The number of nitrogens with one attached hydrogen (secondary N) is 2. The standard InChI is InChI=1S/C19H27N3O2/c1-14-11-17(8-9-20-14)19(24)21-12-15-4-6-16(7-5-15)13-22-10-2-3-18(22)23/h4-7,14,17,20H,2-3,8-13H2,1H3,(H,21,24)/t14-,17-/m0/s1. The number of hydrogen-bond donors (Lipinski definition) is 2. The van der Waals surface area contributed by atoms with Gasteiger partial charge in [-0.25, -0.2) is 0 Å². The van der Waals surface area contributed by atoms with Crippen molar-refractivity contribution < 1.29 is 9.59 Å². The fourth-order valence-corrected chi connectivity index (χ4v) is 3.56. The Balaban J connectivity index is 1.47. The van der Waals surface area contributed by atoms with Crippen LogP contribution < -0.4 is 10.6 Å². The topological polar surface area (TPSA) is 61.4 Å². The highest BCUT2D eigenvalue weighted by Gasteiger charge is 2.24. The second-order valence-electron chi connectivity index (χ2n) is 7.03. The molecule has 2 saturated heterocycles. The third-order valence-electron chi connectivity index (χ3n) is 5.03. The predicted molar refractivity (Wildman–Crippen MR) is 93.1 cm³/mol. The van der Waals surface area contributed by atoms with Crippen molar-refractivity contribution in [2.45, 2.75) is 51.7 Å². The maximum Gasteiger partial charge on any atom is 0.223 e. The van der Waals surface area contributed by atoms with Gasteiger partial charge in [0.1, 0.15) is 0 Å². The molecule has 1 aromatic carbocycles. The van der Waals surface area contributed by atoms with Gasteiger partial charge in [-0.05, 0) is 43.9 Å². The normalized spacial score (nSPS) is 24.2. The summed E-state index contributed by atoms with van der Waals surface area (Å²) in [6.45, 7) is 5.18. The molecular formula is C19H27N3O2. The maximum atomic E-state index is 12.3. The van der Waals surface area contributed by atoms with Gasteiger partial charge in [0.05, 0.1) is 0 Å². The van der Waals surface area contributed by atoms with Gasteiger partial charge in [0.2, 0.25) is 11.8 Å². The summed E-state index contributed by atoms with van der Waals surface area (Å²) in [6, 6.07) is 8.61. The number of hydrogen-bond acceptors (Lipinski definition) is 3. The minimum absolute atomic E-state index is 0.127. The van der Waals surface area contributed by atoms with Crippen molar-refractivity contribution in [2.24, 2.45) is 5.92 Å². The molecule has 0 saturated carbocycles. The Morgan fingerprint density at radius 2 is 2.04 bits per heavy atom. The van der Waals surface area contributed by atoms with Crippen LogP contribution in [-0.4, -0.2) is 35.8 Å². The van der Waals surface area contributed by atoms with Crippen molar-refractivity contribution in [3.05, 3.63) is 35.4 Å². The van der Waals surface area contributed by atoms with Crippen LogP contribution in [-0.2, 0) is 22.7 Å². The molecule has 0 aromatic heterocycles. The fraction of sp³-hybridized carbons (Fsp3) is 0.579. The minimum Gasteiger partial charge on any atom is -0.352 e. The van der Waals surface area contributed by atoms with Gasteiger partial charge in [-0.1, -0.05) is 24.3 Å². The van der Waals surface area contributed by atoms with Crippen LogP contribution in [0.3, 0.4) is 0 Å². The van der Waals surface area contributed by atoms with Crippen LogP contribution in [0.4, 0.5) is 0 Å². The van der Waals surface area contributed by atoms with Crippen LogP contribution in [0.2, 0.25) is 0 Å². The number of carbonyl (C=O) groups is 2. The summed E-state index contributed by atoms with van der Waals surface area (Å²) < 4.78 is 0. The largest absolute Gasteiger partial charge is 0.352 e. The summed E-state index contributed by atoms with van der Waals surface area (Å²) in [5, 5.41) is 6.43. The third kappa shape index (κ3) is 4.35.